The maximum absolute atomic E-state index is 15.0. The van der Waals surface area contributed by atoms with Crippen molar-refractivity contribution in [2.75, 3.05) is 7.11 Å². The van der Waals surface area contributed by atoms with E-state index in [0.29, 0.717) is 28.4 Å². The normalized spacial score (nSPS) is 11.3. The van der Waals surface area contributed by atoms with Crippen LogP contribution in [0.25, 0.3) is 33.3 Å². The average molecular weight is 431 g/mol. The average Bonchev–Trinajstić information content (AvgIpc) is 3.27. The summed E-state index contributed by atoms with van der Waals surface area (Å²) in [5, 5.41) is 1.78. The zero-order valence-electron chi connectivity index (χ0n) is 16.9. The summed E-state index contributed by atoms with van der Waals surface area (Å²) in [6, 6.07) is 12.9. The van der Waals surface area contributed by atoms with E-state index in [-0.39, 0.29) is 5.82 Å². The number of rotatable bonds is 5. The van der Waals surface area contributed by atoms with Gasteiger partial charge in [-0.25, -0.2) is 24.3 Å². The molecule has 1 N–H and O–H groups in total. The van der Waals surface area contributed by atoms with E-state index in [1.54, 1.807) is 18.5 Å². The van der Waals surface area contributed by atoms with Gasteiger partial charge >= 0.3 is 0 Å². The lowest BCUT2D eigenvalue weighted by Crippen LogP contribution is -2.00. The summed E-state index contributed by atoms with van der Waals surface area (Å²) in [6.45, 7) is 2.00. The van der Waals surface area contributed by atoms with Crippen molar-refractivity contribution in [1.82, 2.24) is 24.9 Å². The lowest BCUT2D eigenvalue weighted by molar-refractivity contribution is 0.413. The smallest absolute Gasteiger partial charge is 0.181 e. The lowest BCUT2D eigenvalue weighted by atomic mass is 10.0. The number of pyridine rings is 1. The molecule has 6 nitrogen and oxygen atoms in total. The van der Waals surface area contributed by atoms with Crippen LogP contribution in [0.5, 0.6) is 5.75 Å². The van der Waals surface area contributed by atoms with Gasteiger partial charge in [0.2, 0.25) is 0 Å². The van der Waals surface area contributed by atoms with Crippen molar-refractivity contribution in [2.45, 2.75) is 17.7 Å². The fourth-order valence-corrected chi connectivity index (χ4v) is 4.55. The highest BCUT2D eigenvalue weighted by Gasteiger charge is 2.19. The highest BCUT2D eigenvalue weighted by Crippen LogP contribution is 2.38. The summed E-state index contributed by atoms with van der Waals surface area (Å²) >= 11 is 1.52. The van der Waals surface area contributed by atoms with E-state index in [4.69, 9.17) is 9.72 Å². The number of methoxy groups -OCH3 is 1. The number of hydrogen-bond acceptors (Lipinski definition) is 6. The van der Waals surface area contributed by atoms with Crippen LogP contribution in [0.1, 0.15) is 11.1 Å². The molecule has 0 radical (unpaired) electrons. The molecule has 0 unspecified atom stereocenters. The minimum atomic E-state index is -0.371. The molecule has 0 amide bonds. The molecule has 0 aliphatic carbocycles. The number of halogens is 1. The van der Waals surface area contributed by atoms with E-state index in [2.05, 4.69) is 26.0 Å². The number of aryl methyl sites for hydroxylation is 1. The second-order valence-electron chi connectivity index (χ2n) is 7.03. The van der Waals surface area contributed by atoms with Crippen LogP contribution in [0.4, 0.5) is 4.39 Å². The monoisotopic (exact) mass is 431 g/mol. The Kier molecular flexibility index (Phi) is 4.99. The van der Waals surface area contributed by atoms with Gasteiger partial charge in [0.25, 0.3) is 0 Å². The number of H-pyrrole nitrogens is 1. The Labute approximate surface area is 181 Å². The number of benzene rings is 2. The Hall–Kier alpha value is -3.52. The number of aromatic amines is 1. The second-order valence-corrected chi connectivity index (χ2v) is 7.99. The first-order valence-electron chi connectivity index (χ1n) is 9.64. The topological polar surface area (TPSA) is 76.6 Å². The summed E-state index contributed by atoms with van der Waals surface area (Å²) in [5.74, 6) is 0.614. The van der Waals surface area contributed by atoms with E-state index in [1.807, 2.05) is 25.1 Å². The Morgan fingerprint density at radius 2 is 1.97 bits per heavy atom. The molecule has 3 aromatic heterocycles. The molecule has 3 heterocycles. The van der Waals surface area contributed by atoms with Crippen molar-refractivity contribution in [3.63, 3.8) is 0 Å². The standard InChI is InChI=1S/C23H18FN5OS/c1-13-5-3-6-14-9-15(10-31-23-21-22(26-11-25-21)27-12-28-23)20(29-19(13)14)18-16(24)7-4-8-17(18)30-2/h3-9,11-12H,10H2,1-2H3,(H,25,26,27,28). The molecule has 31 heavy (non-hydrogen) atoms. The Morgan fingerprint density at radius 1 is 1.10 bits per heavy atom. The molecule has 0 fully saturated rings. The van der Waals surface area contributed by atoms with Crippen molar-refractivity contribution < 1.29 is 9.13 Å². The first kappa shape index (κ1) is 19.4. The summed E-state index contributed by atoms with van der Waals surface area (Å²) < 4.78 is 20.4. The number of imidazole rings is 1. The van der Waals surface area contributed by atoms with E-state index in [0.717, 1.165) is 32.6 Å². The van der Waals surface area contributed by atoms with Gasteiger partial charge in [-0.05, 0) is 36.2 Å². The molecule has 2 aromatic carbocycles. The Bertz CT molecular complexity index is 1420. The maximum Gasteiger partial charge on any atom is 0.181 e. The summed E-state index contributed by atoms with van der Waals surface area (Å²) in [7, 11) is 1.54. The van der Waals surface area contributed by atoms with E-state index >= 15 is 0 Å². The molecule has 154 valence electrons. The molecule has 0 aliphatic rings. The van der Waals surface area contributed by atoms with Crippen LogP contribution in [-0.2, 0) is 5.75 Å². The number of aromatic nitrogens is 5. The third-order valence-electron chi connectivity index (χ3n) is 5.11. The number of hydrogen-bond donors (Lipinski definition) is 1. The van der Waals surface area contributed by atoms with Gasteiger partial charge in [-0.3, -0.25) is 0 Å². The van der Waals surface area contributed by atoms with Gasteiger partial charge in [0.05, 0.1) is 30.2 Å². The molecule has 8 heteroatoms. The highest BCUT2D eigenvalue weighted by atomic mass is 32.2. The molecule has 0 saturated carbocycles. The number of nitrogens with zero attached hydrogens (tertiary/aromatic N) is 4. The van der Waals surface area contributed by atoms with Crippen molar-refractivity contribution in [3.8, 4) is 17.0 Å². The van der Waals surface area contributed by atoms with E-state index in [1.165, 1.54) is 31.3 Å². The zero-order chi connectivity index (χ0) is 21.4. The third-order valence-corrected chi connectivity index (χ3v) is 6.15. The number of thioether (sulfide) groups is 1. The fourth-order valence-electron chi connectivity index (χ4n) is 3.62. The summed E-state index contributed by atoms with van der Waals surface area (Å²) in [5.41, 5.74) is 5.08. The minimum Gasteiger partial charge on any atom is -0.496 e. The van der Waals surface area contributed by atoms with Gasteiger partial charge in [0.15, 0.2) is 5.65 Å². The largest absolute Gasteiger partial charge is 0.496 e. The van der Waals surface area contributed by atoms with E-state index < -0.39 is 0 Å². The first-order valence-corrected chi connectivity index (χ1v) is 10.6. The zero-order valence-corrected chi connectivity index (χ0v) is 17.7. The van der Waals surface area contributed by atoms with Gasteiger partial charge in [-0.15, -0.1) is 0 Å². The molecule has 0 atom stereocenters. The van der Waals surface area contributed by atoms with Crippen LogP contribution in [0.2, 0.25) is 0 Å². The van der Waals surface area contributed by atoms with Gasteiger partial charge in [0.1, 0.15) is 28.4 Å². The molecule has 0 aliphatic heterocycles. The third kappa shape index (κ3) is 3.48. The number of para-hydroxylation sites is 1. The van der Waals surface area contributed by atoms with Crippen LogP contribution in [0.15, 0.2) is 60.1 Å². The van der Waals surface area contributed by atoms with Crippen LogP contribution in [0.3, 0.4) is 0 Å². The van der Waals surface area contributed by atoms with Crippen LogP contribution >= 0.6 is 11.8 Å². The predicted molar refractivity (Wildman–Crippen MR) is 120 cm³/mol. The number of nitrogens with one attached hydrogen (secondary N) is 1. The number of fused-ring (bicyclic) bond motifs is 2. The first-order chi connectivity index (χ1) is 15.2. The Morgan fingerprint density at radius 3 is 2.84 bits per heavy atom. The van der Waals surface area contributed by atoms with Crippen LogP contribution < -0.4 is 4.74 Å². The minimum absolute atomic E-state index is 0.361. The molecular formula is C23H18FN5OS. The quantitative estimate of drug-likeness (QED) is 0.300. The Balaban J connectivity index is 1.66. The maximum atomic E-state index is 15.0. The van der Waals surface area contributed by atoms with E-state index in [9.17, 15) is 4.39 Å². The van der Waals surface area contributed by atoms with Gasteiger partial charge in [-0.2, -0.15) is 0 Å². The SMILES string of the molecule is COc1cccc(F)c1-c1nc2c(C)cccc2cc1CSc1ncnc2nc[nH]c12. The van der Waals surface area contributed by atoms with Crippen molar-refractivity contribution in [2.24, 2.45) is 0 Å². The summed E-state index contributed by atoms with van der Waals surface area (Å²) in [4.78, 5) is 20.7. The molecule has 0 bridgehead atoms. The molecular weight excluding hydrogens is 413 g/mol. The molecule has 0 saturated heterocycles. The lowest BCUT2D eigenvalue weighted by Gasteiger charge is -2.15. The number of ether oxygens (including phenoxy) is 1. The van der Waals surface area contributed by atoms with Crippen molar-refractivity contribution >= 4 is 33.8 Å². The van der Waals surface area contributed by atoms with Gasteiger partial charge in [0, 0.05) is 11.1 Å². The highest BCUT2D eigenvalue weighted by molar-refractivity contribution is 7.98. The molecule has 5 rings (SSSR count). The van der Waals surface area contributed by atoms with Gasteiger partial charge < -0.3 is 9.72 Å². The summed E-state index contributed by atoms with van der Waals surface area (Å²) in [6.07, 6.45) is 3.09. The van der Waals surface area contributed by atoms with Crippen LogP contribution in [-0.4, -0.2) is 32.0 Å². The predicted octanol–water partition coefficient (Wildman–Crippen LogP) is 5.32. The second kappa shape index (κ2) is 7.96. The fraction of sp³-hybridized carbons (Fsp3) is 0.130. The van der Waals surface area contributed by atoms with Crippen molar-refractivity contribution in [1.29, 1.82) is 0 Å². The van der Waals surface area contributed by atoms with Gasteiger partial charge in [-0.1, -0.05) is 36.0 Å². The molecule has 5 aromatic rings. The molecule has 0 spiro atoms. The van der Waals surface area contributed by atoms with Crippen molar-refractivity contribution in [3.05, 3.63) is 72.1 Å². The van der Waals surface area contributed by atoms with Crippen LogP contribution in [0, 0.1) is 12.7 Å².